The van der Waals surface area contributed by atoms with Crippen LogP contribution in [0.5, 0.6) is 0 Å². The molecule has 0 saturated heterocycles. The Bertz CT molecular complexity index is 1270. The van der Waals surface area contributed by atoms with Gasteiger partial charge in [0.2, 0.25) is 5.91 Å². The van der Waals surface area contributed by atoms with Crippen LogP contribution in [0.3, 0.4) is 0 Å². The summed E-state index contributed by atoms with van der Waals surface area (Å²) in [5, 5.41) is 13.0. The largest absolute Gasteiger partial charge is 0.445 e. The number of nitrogens with one attached hydrogen (secondary N) is 2. The van der Waals surface area contributed by atoms with E-state index in [1.54, 1.807) is 24.3 Å². The molecule has 34 heavy (non-hydrogen) atoms. The highest BCUT2D eigenvalue weighted by Crippen LogP contribution is 2.09. The molecule has 4 aromatic rings. The zero-order valence-electron chi connectivity index (χ0n) is 18.3. The van der Waals surface area contributed by atoms with Crippen molar-refractivity contribution in [1.29, 1.82) is 0 Å². The highest BCUT2D eigenvalue weighted by Gasteiger charge is 2.23. The molecule has 0 radical (unpaired) electrons. The van der Waals surface area contributed by atoms with E-state index in [0.717, 1.165) is 15.8 Å². The van der Waals surface area contributed by atoms with E-state index in [1.165, 1.54) is 0 Å². The quantitative estimate of drug-likeness (QED) is 0.420. The molecule has 0 unspecified atom stereocenters. The number of nitrogens with zero attached hydrogens (tertiary/aromatic N) is 3. The summed E-state index contributed by atoms with van der Waals surface area (Å²) in [6.45, 7) is -0.234. The lowest BCUT2D eigenvalue weighted by molar-refractivity contribution is -0.122. The topological polar surface area (TPSA) is 115 Å². The first-order valence-electron chi connectivity index (χ1n) is 10.7. The summed E-state index contributed by atoms with van der Waals surface area (Å²) in [7, 11) is 0. The van der Waals surface area contributed by atoms with E-state index in [4.69, 9.17) is 4.74 Å². The van der Waals surface area contributed by atoms with Crippen molar-refractivity contribution in [2.75, 3.05) is 6.54 Å². The van der Waals surface area contributed by atoms with Gasteiger partial charge in [0, 0.05) is 6.42 Å². The molecule has 9 nitrogen and oxygen atoms in total. The standard InChI is InChI=1S/C25H23N5O4/c31-23(30-22-14-8-7-13-20(22)28-29-30)16-26-24(32)21(15-18-9-3-1-4-10-18)27-25(33)34-17-19-11-5-2-6-12-19/h1-14,21H,15-17H2,(H,26,32)(H,27,33)/t21-/m0/s1. The van der Waals surface area contributed by atoms with Gasteiger partial charge < -0.3 is 15.4 Å². The molecular weight excluding hydrogens is 434 g/mol. The predicted molar refractivity (Wildman–Crippen MR) is 125 cm³/mol. The molecule has 3 aromatic carbocycles. The lowest BCUT2D eigenvalue weighted by atomic mass is 10.1. The number of carbonyl (C=O) groups is 3. The van der Waals surface area contributed by atoms with E-state index in [2.05, 4.69) is 20.9 Å². The number of hydrogen-bond acceptors (Lipinski definition) is 6. The molecule has 1 atom stereocenters. The average molecular weight is 457 g/mol. The summed E-state index contributed by atoms with van der Waals surface area (Å²) >= 11 is 0. The SMILES string of the molecule is O=C(N[C@@H](Cc1ccccc1)C(=O)NCC(=O)n1nnc2ccccc21)OCc1ccccc1. The van der Waals surface area contributed by atoms with Gasteiger partial charge in [0.25, 0.3) is 5.91 Å². The molecule has 0 saturated carbocycles. The Morgan fingerprint density at radius 1 is 0.853 bits per heavy atom. The van der Waals surface area contributed by atoms with E-state index in [1.807, 2.05) is 60.7 Å². The van der Waals surface area contributed by atoms with E-state index < -0.39 is 23.9 Å². The van der Waals surface area contributed by atoms with Gasteiger partial charge in [-0.25, -0.2) is 4.79 Å². The molecular formula is C25H23N5O4. The summed E-state index contributed by atoms with van der Waals surface area (Å²) in [5.41, 5.74) is 2.80. The molecule has 172 valence electrons. The highest BCUT2D eigenvalue weighted by molar-refractivity contribution is 5.93. The van der Waals surface area contributed by atoms with Crippen LogP contribution in [-0.2, 0) is 22.6 Å². The van der Waals surface area contributed by atoms with Gasteiger partial charge in [-0.2, -0.15) is 4.68 Å². The molecule has 0 aliphatic heterocycles. The molecule has 0 aliphatic carbocycles. The van der Waals surface area contributed by atoms with Crippen molar-refractivity contribution in [3.8, 4) is 0 Å². The zero-order chi connectivity index (χ0) is 23.8. The Morgan fingerprint density at radius 2 is 1.50 bits per heavy atom. The molecule has 2 N–H and O–H groups in total. The van der Waals surface area contributed by atoms with Crippen LogP contribution >= 0.6 is 0 Å². The lowest BCUT2D eigenvalue weighted by Gasteiger charge is -2.18. The number of hydrogen-bond donors (Lipinski definition) is 2. The van der Waals surface area contributed by atoms with Crippen LogP contribution in [0.15, 0.2) is 84.9 Å². The predicted octanol–water partition coefficient (Wildman–Crippen LogP) is 2.73. The van der Waals surface area contributed by atoms with Crippen molar-refractivity contribution >= 4 is 28.9 Å². The number of carbonyl (C=O) groups excluding carboxylic acids is 3. The van der Waals surface area contributed by atoms with Gasteiger partial charge in [-0.3, -0.25) is 9.59 Å². The second kappa shape index (κ2) is 10.9. The number of para-hydroxylation sites is 1. The molecule has 1 aromatic heterocycles. The van der Waals surface area contributed by atoms with E-state index in [-0.39, 0.29) is 19.6 Å². The fraction of sp³-hybridized carbons (Fsp3) is 0.160. The number of rotatable bonds is 8. The highest BCUT2D eigenvalue weighted by atomic mass is 16.5. The van der Waals surface area contributed by atoms with Crippen LogP contribution in [0.2, 0.25) is 0 Å². The summed E-state index contributed by atoms with van der Waals surface area (Å²) in [4.78, 5) is 37.9. The number of aromatic nitrogens is 3. The fourth-order valence-corrected chi connectivity index (χ4v) is 3.38. The second-order valence-electron chi connectivity index (χ2n) is 7.55. The molecule has 0 aliphatic rings. The second-order valence-corrected chi connectivity index (χ2v) is 7.55. The van der Waals surface area contributed by atoms with Crippen LogP contribution < -0.4 is 10.6 Å². The van der Waals surface area contributed by atoms with Crippen LogP contribution in [0.1, 0.15) is 15.9 Å². The third kappa shape index (κ3) is 5.83. The minimum atomic E-state index is -0.939. The third-order valence-electron chi connectivity index (χ3n) is 5.11. The number of ether oxygens (including phenoxy) is 1. The normalized spacial score (nSPS) is 11.5. The molecule has 4 rings (SSSR count). The summed E-state index contributed by atoms with van der Waals surface area (Å²) in [6.07, 6.45) is -0.498. The monoisotopic (exact) mass is 457 g/mol. The minimum absolute atomic E-state index is 0.0736. The zero-order valence-corrected chi connectivity index (χ0v) is 18.3. The maximum atomic E-state index is 12.9. The first-order chi connectivity index (χ1) is 16.6. The molecule has 9 heteroatoms. The Balaban J connectivity index is 1.39. The number of amides is 2. The van der Waals surface area contributed by atoms with E-state index in [9.17, 15) is 14.4 Å². The van der Waals surface area contributed by atoms with Crippen molar-refractivity contribution in [2.24, 2.45) is 0 Å². The smallest absolute Gasteiger partial charge is 0.408 e. The van der Waals surface area contributed by atoms with Gasteiger partial charge in [-0.15, -0.1) is 5.10 Å². The van der Waals surface area contributed by atoms with Crippen LogP contribution in [0.4, 0.5) is 4.79 Å². The summed E-state index contributed by atoms with van der Waals surface area (Å²) in [6, 6.07) is 24.6. The Morgan fingerprint density at radius 3 is 2.24 bits per heavy atom. The van der Waals surface area contributed by atoms with Gasteiger partial charge in [-0.1, -0.05) is 78.0 Å². The van der Waals surface area contributed by atoms with Crippen LogP contribution in [0, 0.1) is 0 Å². The van der Waals surface area contributed by atoms with Gasteiger partial charge in [0.1, 0.15) is 18.2 Å². The molecule has 0 bridgehead atoms. The van der Waals surface area contributed by atoms with E-state index in [0.29, 0.717) is 11.0 Å². The number of fused-ring (bicyclic) bond motifs is 1. The van der Waals surface area contributed by atoms with Gasteiger partial charge >= 0.3 is 6.09 Å². The van der Waals surface area contributed by atoms with Crippen molar-refractivity contribution in [1.82, 2.24) is 25.6 Å². The lowest BCUT2D eigenvalue weighted by Crippen LogP contribution is -2.49. The van der Waals surface area contributed by atoms with Crippen molar-refractivity contribution in [3.05, 3.63) is 96.1 Å². The van der Waals surface area contributed by atoms with E-state index >= 15 is 0 Å². The Hall–Kier alpha value is -4.53. The summed E-state index contributed by atoms with van der Waals surface area (Å²) < 4.78 is 6.40. The molecule has 0 fully saturated rings. The number of alkyl carbamates (subject to hydrolysis) is 1. The maximum Gasteiger partial charge on any atom is 0.408 e. The van der Waals surface area contributed by atoms with Gasteiger partial charge in [-0.05, 0) is 23.3 Å². The Kier molecular flexibility index (Phi) is 7.24. The molecule has 0 spiro atoms. The third-order valence-corrected chi connectivity index (χ3v) is 5.11. The Labute approximate surface area is 195 Å². The minimum Gasteiger partial charge on any atom is -0.445 e. The molecule has 1 heterocycles. The van der Waals surface area contributed by atoms with Gasteiger partial charge in [0.15, 0.2) is 0 Å². The average Bonchev–Trinajstić information content (AvgIpc) is 3.31. The van der Waals surface area contributed by atoms with Crippen LogP contribution in [0.25, 0.3) is 11.0 Å². The summed E-state index contributed by atoms with van der Waals surface area (Å²) in [5.74, 6) is -0.967. The first kappa shape index (κ1) is 22.7. The van der Waals surface area contributed by atoms with Crippen molar-refractivity contribution in [3.63, 3.8) is 0 Å². The maximum absolute atomic E-state index is 12.9. The van der Waals surface area contributed by atoms with Crippen LogP contribution in [-0.4, -0.2) is 45.5 Å². The first-order valence-corrected chi connectivity index (χ1v) is 10.7. The number of benzene rings is 3. The van der Waals surface area contributed by atoms with Crippen molar-refractivity contribution < 1.29 is 19.1 Å². The van der Waals surface area contributed by atoms with Crippen molar-refractivity contribution in [2.45, 2.75) is 19.1 Å². The molecule has 2 amide bonds. The fourth-order valence-electron chi connectivity index (χ4n) is 3.38. The van der Waals surface area contributed by atoms with Gasteiger partial charge in [0.05, 0.1) is 12.1 Å².